The molecule has 0 spiro atoms. The summed E-state index contributed by atoms with van der Waals surface area (Å²) in [7, 11) is 1.63. The topological polar surface area (TPSA) is 102 Å². The maximum atomic E-state index is 12.7. The largest absolute Gasteiger partial charge is 0.494 e. The van der Waals surface area contributed by atoms with Gasteiger partial charge in [0.05, 0.1) is 20.3 Å². The molecule has 3 aromatic heterocycles. The minimum absolute atomic E-state index is 0.00675. The van der Waals surface area contributed by atoms with Crippen molar-refractivity contribution in [2.45, 2.75) is 0 Å². The SMILES string of the molecule is COc1cc(-c2nccs2)c(-c2nccs2)c2cnc(Nc3ccc(C(=O)N4CCOCC4)cc3)nc12. The van der Waals surface area contributed by atoms with Crippen LogP contribution in [-0.4, -0.2) is 64.2 Å². The molecular formula is C26H22N6O3S2. The van der Waals surface area contributed by atoms with Crippen molar-refractivity contribution in [2.75, 3.05) is 38.7 Å². The highest BCUT2D eigenvalue weighted by molar-refractivity contribution is 7.14. The molecular weight excluding hydrogens is 508 g/mol. The Morgan fingerprint density at radius 2 is 1.76 bits per heavy atom. The predicted molar refractivity (Wildman–Crippen MR) is 145 cm³/mol. The molecule has 0 aliphatic carbocycles. The zero-order valence-corrected chi connectivity index (χ0v) is 21.5. The number of hydrogen-bond acceptors (Lipinski definition) is 10. The highest BCUT2D eigenvalue weighted by Crippen LogP contribution is 2.43. The Morgan fingerprint density at radius 3 is 2.43 bits per heavy atom. The molecule has 186 valence electrons. The van der Waals surface area contributed by atoms with E-state index in [4.69, 9.17) is 14.5 Å². The van der Waals surface area contributed by atoms with E-state index in [9.17, 15) is 4.79 Å². The summed E-state index contributed by atoms with van der Waals surface area (Å²) in [5.41, 5.74) is 3.94. The molecule has 5 aromatic rings. The minimum Gasteiger partial charge on any atom is -0.494 e. The number of nitrogens with one attached hydrogen (secondary N) is 1. The number of amides is 1. The van der Waals surface area contributed by atoms with Crippen LogP contribution in [0.25, 0.3) is 32.0 Å². The third-order valence-corrected chi connectivity index (χ3v) is 7.65. The van der Waals surface area contributed by atoms with Crippen molar-refractivity contribution in [3.05, 3.63) is 65.2 Å². The lowest BCUT2D eigenvalue weighted by atomic mass is 10.0. The molecule has 2 aromatic carbocycles. The fourth-order valence-corrected chi connectivity index (χ4v) is 5.63. The molecule has 0 saturated carbocycles. The summed E-state index contributed by atoms with van der Waals surface area (Å²) < 4.78 is 11.1. The molecule has 1 amide bonds. The van der Waals surface area contributed by atoms with Crippen LogP contribution in [0.3, 0.4) is 0 Å². The second kappa shape index (κ2) is 10.2. The third-order valence-electron chi connectivity index (χ3n) is 6.05. The van der Waals surface area contributed by atoms with Crippen LogP contribution in [0.4, 0.5) is 11.6 Å². The molecule has 9 nitrogen and oxygen atoms in total. The minimum atomic E-state index is 0.00675. The highest BCUT2D eigenvalue weighted by Gasteiger charge is 2.21. The van der Waals surface area contributed by atoms with Crippen LogP contribution in [0.1, 0.15) is 10.4 Å². The van der Waals surface area contributed by atoms with Crippen molar-refractivity contribution in [3.8, 4) is 26.9 Å². The van der Waals surface area contributed by atoms with Gasteiger partial charge in [0.1, 0.15) is 21.3 Å². The van der Waals surface area contributed by atoms with Gasteiger partial charge in [-0.05, 0) is 30.3 Å². The molecule has 1 saturated heterocycles. The van der Waals surface area contributed by atoms with E-state index in [0.29, 0.717) is 49.1 Å². The normalized spacial score (nSPS) is 13.6. The Morgan fingerprint density at radius 1 is 1.03 bits per heavy atom. The van der Waals surface area contributed by atoms with Crippen molar-refractivity contribution >= 4 is 51.1 Å². The summed E-state index contributed by atoms with van der Waals surface area (Å²) in [6.45, 7) is 2.37. The van der Waals surface area contributed by atoms with E-state index in [1.165, 1.54) is 0 Å². The van der Waals surface area contributed by atoms with Crippen LogP contribution in [0, 0.1) is 0 Å². The zero-order valence-electron chi connectivity index (χ0n) is 19.9. The van der Waals surface area contributed by atoms with E-state index in [0.717, 1.165) is 32.2 Å². The van der Waals surface area contributed by atoms with Gasteiger partial charge in [-0.1, -0.05) is 0 Å². The summed E-state index contributed by atoms with van der Waals surface area (Å²) in [5, 5.41) is 9.70. The maximum absolute atomic E-state index is 12.7. The quantitative estimate of drug-likeness (QED) is 0.323. The lowest BCUT2D eigenvalue weighted by molar-refractivity contribution is 0.0303. The number of morpholine rings is 1. The van der Waals surface area contributed by atoms with Gasteiger partial charge < -0.3 is 19.7 Å². The van der Waals surface area contributed by atoms with Crippen molar-refractivity contribution < 1.29 is 14.3 Å². The molecule has 1 aliphatic heterocycles. The van der Waals surface area contributed by atoms with E-state index in [-0.39, 0.29) is 5.91 Å². The van der Waals surface area contributed by atoms with Gasteiger partial charge in [-0.25, -0.2) is 19.9 Å². The smallest absolute Gasteiger partial charge is 0.254 e. The Bertz CT molecular complexity index is 1530. The molecule has 0 bridgehead atoms. The van der Waals surface area contributed by atoms with Gasteiger partial charge >= 0.3 is 0 Å². The van der Waals surface area contributed by atoms with Gasteiger partial charge in [0.25, 0.3) is 5.91 Å². The van der Waals surface area contributed by atoms with E-state index >= 15 is 0 Å². The van der Waals surface area contributed by atoms with Gasteiger partial charge in [0.2, 0.25) is 5.95 Å². The number of rotatable bonds is 6. The summed E-state index contributed by atoms with van der Waals surface area (Å²) >= 11 is 3.11. The van der Waals surface area contributed by atoms with Gasteiger partial charge in [0.15, 0.2) is 0 Å². The fourth-order valence-electron chi connectivity index (χ4n) is 4.26. The lowest BCUT2D eigenvalue weighted by Crippen LogP contribution is -2.40. The first kappa shape index (κ1) is 23.5. The Labute approximate surface area is 220 Å². The number of carbonyl (C=O) groups is 1. The van der Waals surface area contributed by atoms with E-state index in [2.05, 4.69) is 20.3 Å². The maximum Gasteiger partial charge on any atom is 0.254 e. The monoisotopic (exact) mass is 530 g/mol. The molecule has 4 heterocycles. The molecule has 37 heavy (non-hydrogen) atoms. The van der Waals surface area contributed by atoms with E-state index < -0.39 is 0 Å². The second-order valence-electron chi connectivity index (χ2n) is 8.24. The van der Waals surface area contributed by atoms with Crippen LogP contribution >= 0.6 is 22.7 Å². The van der Waals surface area contributed by atoms with Crippen molar-refractivity contribution in [3.63, 3.8) is 0 Å². The lowest BCUT2D eigenvalue weighted by Gasteiger charge is -2.26. The zero-order chi connectivity index (χ0) is 25.2. The van der Waals surface area contributed by atoms with Gasteiger partial charge in [-0.15, -0.1) is 22.7 Å². The standard InChI is InChI=1S/C26H22N6O3S2/c1-34-20-14-18(23-27-6-12-36-23)21(24-28-7-13-37-24)19-15-29-26(31-22(19)20)30-17-4-2-16(3-5-17)25(33)32-8-10-35-11-9-32/h2-7,12-15H,8-11H2,1H3,(H,29,30,31). The first-order valence-electron chi connectivity index (χ1n) is 11.6. The van der Waals surface area contributed by atoms with E-state index in [1.54, 1.807) is 48.4 Å². The summed E-state index contributed by atoms with van der Waals surface area (Å²) in [4.78, 5) is 33.0. The van der Waals surface area contributed by atoms with Gasteiger partial charge in [-0.3, -0.25) is 4.79 Å². The molecule has 1 aliphatic rings. The number of benzene rings is 2. The van der Waals surface area contributed by atoms with Crippen LogP contribution in [-0.2, 0) is 4.74 Å². The fraction of sp³-hybridized carbons (Fsp3) is 0.192. The number of hydrogen-bond donors (Lipinski definition) is 1. The van der Waals surface area contributed by atoms with Crippen molar-refractivity contribution in [1.29, 1.82) is 0 Å². The molecule has 1 N–H and O–H groups in total. The number of ether oxygens (including phenoxy) is 2. The Hall–Kier alpha value is -3.93. The van der Waals surface area contributed by atoms with Gasteiger partial charge in [-0.2, -0.15) is 0 Å². The number of nitrogens with zero attached hydrogens (tertiary/aromatic N) is 5. The first-order chi connectivity index (χ1) is 18.2. The molecule has 0 atom stereocenters. The first-order valence-corrected chi connectivity index (χ1v) is 13.4. The van der Waals surface area contributed by atoms with Crippen molar-refractivity contribution in [1.82, 2.24) is 24.8 Å². The molecule has 6 rings (SSSR count). The van der Waals surface area contributed by atoms with Crippen LogP contribution < -0.4 is 10.1 Å². The second-order valence-corrected chi connectivity index (χ2v) is 10.0. The summed E-state index contributed by atoms with van der Waals surface area (Å²) in [6, 6.07) is 9.28. The van der Waals surface area contributed by atoms with Crippen LogP contribution in [0.2, 0.25) is 0 Å². The molecule has 0 unspecified atom stereocenters. The number of aromatic nitrogens is 4. The number of thiazole rings is 2. The molecule has 0 radical (unpaired) electrons. The molecule has 1 fully saturated rings. The third kappa shape index (κ3) is 4.64. The Balaban J connectivity index is 1.34. The average molecular weight is 531 g/mol. The summed E-state index contributed by atoms with van der Waals surface area (Å²) in [6.07, 6.45) is 5.36. The Kier molecular flexibility index (Phi) is 6.47. The number of methoxy groups -OCH3 is 1. The van der Waals surface area contributed by atoms with Crippen LogP contribution in [0.15, 0.2) is 59.7 Å². The number of fused-ring (bicyclic) bond motifs is 1. The predicted octanol–water partition coefficient (Wildman–Crippen LogP) is 5.10. The number of anilines is 2. The summed E-state index contributed by atoms with van der Waals surface area (Å²) in [5.74, 6) is 1.05. The van der Waals surface area contributed by atoms with Crippen molar-refractivity contribution in [2.24, 2.45) is 0 Å². The van der Waals surface area contributed by atoms with E-state index in [1.807, 2.05) is 46.0 Å². The average Bonchev–Trinajstić information content (AvgIpc) is 3.68. The number of carbonyl (C=O) groups excluding carboxylic acids is 1. The molecule has 11 heteroatoms. The van der Waals surface area contributed by atoms with Crippen LogP contribution in [0.5, 0.6) is 5.75 Å². The highest BCUT2D eigenvalue weighted by atomic mass is 32.1. The van der Waals surface area contributed by atoms with Gasteiger partial charge in [0, 0.05) is 70.2 Å².